The molecule has 1 atom stereocenters. The Bertz CT molecular complexity index is 525. The van der Waals surface area contributed by atoms with Crippen LogP contribution in [0.15, 0.2) is 35.7 Å². The van der Waals surface area contributed by atoms with E-state index in [9.17, 15) is 9.90 Å². The number of rotatable bonds is 5. The zero-order chi connectivity index (χ0) is 13.0. The van der Waals surface area contributed by atoms with Crippen LogP contribution in [0.3, 0.4) is 0 Å². The van der Waals surface area contributed by atoms with Crippen LogP contribution in [-0.4, -0.2) is 16.1 Å². The van der Waals surface area contributed by atoms with Crippen LogP contribution in [-0.2, 0) is 11.3 Å². The van der Waals surface area contributed by atoms with E-state index in [1.54, 1.807) is 5.38 Å². The molecule has 1 heterocycles. The molecule has 0 amide bonds. The lowest BCUT2D eigenvalue weighted by molar-refractivity contribution is -0.139. The summed E-state index contributed by atoms with van der Waals surface area (Å²) in [6.07, 6.45) is 0. The Kier molecular flexibility index (Phi) is 4.07. The summed E-state index contributed by atoms with van der Waals surface area (Å²) in [6, 6.07) is 8.95. The highest BCUT2D eigenvalue weighted by Gasteiger charge is 2.21. The lowest BCUT2D eigenvalue weighted by Crippen LogP contribution is -2.28. The van der Waals surface area contributed by atoms with E-state index in [2.05, 4.69) is 10.3 Å². The Morgan fingerprint density at radius 3 is 2.72 bits per heavy atom. The summed E-state index contributed by atoms with van der Waals surface area (Å²) in [5.74, 6) is -0.906. The van der Waals surface area contributed by atoms with E-state index in [0.29, 0.717) is 12.2 Å². The third kappa shape index (κ3) is 3.15. The van der Waals surface area contributed by atoms with E-state index in [1.165, 1.54) is 11.3 Å². The van der Waals surface area contributed by atoms with E-state index in [-0.39, 0.29) is 0 Å². The maximum Gasteiger partial charge on any atom is 0.327 e. The monoisotopic (exact) mass is 262 g/mol. The molecule has 1 aromatic heterocycles. The molecule has 4 nitrogen and oxygen atoms in total. The van der Waals surface area contributed by atoms with Crippen LogP contribution < -0.4 is 5.32 Å². The van der Waals surface area contributed by atoms with Gasteiger partial charge in [0.25, 0.3) is 0 Å². The van der Waals surface area contributed by atoms with Crippen molar-refractivity contribution in [2.24, 2.45) is 0 Å². The fourth-order valence-corrected chi connectivity index (χ4v) is 2.29. The largest absolute Gasteiger partial charge is 0.480 e. The average Bonchev–Trinajstić information content (AvgIpc) is 2.77. The van der Waals surface area contributed by atoms with Crippen LogP contribution in [0, 0.1) is 6.92 Å². The molecule has 0 aliphatic heterocycles. The van der Waals surface area contributed by atoms with Crippen molar-refractivity contribution in [3.63, 3.8) is 0 Å². The summed E-state index contributed by atoms with van der Waals surface area (Å²) in [4.78, 5) is 15.5. The summed E-state index contributed by atoms with van der Waals surface area (Å²) in [5, 5.41) is 14.9. The molecule has 0 fully saturated rings. The second-order valence-electron chi connectivity index (χ2n) is 3.93. The first kappa shape index (κ1) is 12.7. The highest BCUT2D eigenvalue weighted by Crippen LogP contribution is 2.17. The lowest BCUT2D eigenvalue weighted by atomic mass is 10.2. The second-order valence-corrected chi connectivity index (χ2v) is 4.99. The van der Waals surface area contributed by atoms with Crippen LogP contribution in [0.5, 0.6) is 0 Å². The van der Waals surface area contributed by atoms with Gasteiger partial charge in [-0.2, -0.15) is 0 Å². The number of aromatic nitrogens is 1. The van der Waals surface area contributed by atoms with Crippen molar-refractivity contribution in [3.05, 3.63) is 52.0 Å². The molecule has 0 spiro atoms. The standard InChI is InChI=1S/C13H14N2O2S/c1-9-15-11(8-18-9)12(13(16)17)14-7-10-5-3-2-4-6-10/h2-6,8,12,14H,7H2,1H3,(H,16,17). The quantitative estimate of drug-likeness (QED) is 0.868. The molecule has 0 radical (unpaired) electrons. The van der Waals surface area contributed by atoms with Crippen molar-refractivity contribution in [1.29, 1.82) is 0 Å². The summed E-state index contributed by atoms with van der Waals surface area (Å²) >= 11 is 1.46. The normalized spacial score (nSPS) is 12.3. The maximum absolute atomic E-state index is 11.2. The lowest BCUT2D eigenvalue weighted by Gasteiger charge is -2.12. The Hall–Kier alpha value is -1.72. The Morgan fingerprint density at radius 1 is 1.44 bits per heavy atom. The van der Waals surface area contributed by atoms with Crippen LogP contribution in [0.25, 0.3) is 0 Å². The van der Waals surface area contributed by atoms with E-state index in [1.807, 2.05) is 37.3 Å². The first-order valence-corrected chi connectivity index (χ1v) is 6.47. The highest BCUT2D eigenvalue weighted by molar-refractivity contribution is 7.09. The Balaban J connectivity index is 2.06. The van der Waals surface area contributed by atoms with Crippen molar-refractivity contribution < 1.29 is 9.90 Å². The molecule has 18 heavy (non-hydrogen) atoms. The molecule has 94 valence electrons. The number of aryl methyl sites for hydroxylation is 1. The molecule has 2 aromatic rings. The van der Waals surface area contributed by atoms with E-state index >= 15 is 0 Å². The zero-order valence-corrected chi connectivity index (χ0v) is 10.8. The number of carboxylic acids is 1. The number of hydrogen-bond donors (Lipinski definition) is 2. The van der Waals surface area contributed by atoms with Gasteiger partial charge in [-0.15, -0.1) is 11.3 Å². The predicted molar refractivity (Wildman–Crippen MR) is 70.5 cm³/mol. The SMILES string of the molecule is Cc1nc(C(NCc2ccccc2)C(=O)O)cs1. The van der Waals surface area contributed by atoms with Gasteiger partial charge in [-0.1, -0.05) is 30.3 Å². The van der Waals surface area contributed by atoms with Gasteiger partial charge >= 0.3 is 5.97 Å². The van der Waals surface area contributed by atoms with Crippen LogP contribution in [0.2, 0.25) is 0 Å². The molecule has 0 bridgehead atoms. The fourth-order valence-electron chi connectivity index (χ4n) is 1.65. The first-order valence-electron chi connectivity index (χ1n) is 5.59. The molecule has 2 rings (SSSR count). The van der Waals surface area contributed by atoms with Crippen LogP contribution >= 0.6 is 11.3 Å². The second kappa shape index (κ2) is 5.75. The zero-order valence-electron chi connectivity index (χ0n) is 9.96. The van der Waals surface area contributed by atoms with E-state index in [0.717, 1.165) is 10.6 Å². The highest BCUT2D eigenvalue weighted by atomic mass is 32.1. The summed E-state index contributed by atoms with van der Waals surface area (Å²) in [7, 11) is 0. The van der Waals surface area contributed by atoms with Gasteiger partial charge in [0.1, 0.15) is 6.04 Å². The molecule has 0 saturated carbocycles. The van der Waals surface area contributed by atoms with E-state index < -0.39 is 12.0 Å². The first-order chi connectivity index (χ1) is 8.66. The van der Waals surface area contributed by atoms with Crippen LogP contribution in [0.4, 0.5) is 0 Å². The molecular formula is C13H14N2O2S. The van der Waals surface area contributed by atoms with Crippen molar-refractivity contribution in [2.75, 3.05) is 0 Å². The minimum atomic E-state index is -0.906. The third-order valence-electron chi connectivity index (χ3n) is 2.53. The number of hydrogen-bond acceptors (Lipinski definition) is 4. The number of aliphatic carboxylic acids is 1. The molecule has 2 N–H and O–H groups in total. The Morgan fingerprint density at radius 2 is 2.17 bits per heavy atom. The fraction of sp³-hybridized carbons (Fsp3) is 0.231. The molecule has 0 saturated heterocycles. The van der Waals surface area contributed by atoms with Gasteiger partial charge in [0.15, 0.2) is 0 Å². The van der Waals surface area contributed by atoms with Gasteiger partial charge in [-0.3, -0.25) is 10.1 Å². The van der Waals surface area contributed by atoms with Crippen molar-refractivity contribution in [2.45, 2.75) is 19.5 Å². The van der Waals surface area contributed by atoms with Crippen LogP contribution in [0.1, 0.15) is 22.3 Å². The topological polar surface area (TPSA) is 62.2 Å². The van der Waals surface area contributed by atoms with Crippen molar-refractivity contribution in [3.8, 4) is 0 Å². The number of carbonyl (C=O) groups is 1. The van der Waals surface area contributed by atoms with Gasteiger partial charge in [-0.05, 0) is 12.5 Å². The smallest absolute Gasteiger partial charge is 0.327 e. The number of nitrogens with zero attached hydrogens (tertiary/aromatic N) is 1. The number of benzene rings is 1. The number of carboxylic acid groups (broad SMARTS) is 1. The molecule has 1 unspecified atom stereocenters. The average molecular weight is 262 g/mol. The van der Waals surface area contributed by atoms with Gasteiger partial charge in [0.05, 0.1) is 10.7 Å². The predicted octanol–water partition coefficient (Wildman–Crippen LogP) is 2.37. The molecule has 0 aliphatic carbocycles. The van der Waals surface area contributed by atoms with Crippen molar-refractivity contribution >= 4 is 17.3 Å². The molecule has 5 heteroatoms. The summed E-state index contributed by atoms with van der Waals surface area (Å²) in [5.41, 5.74) is 1.62. The summed E-state index contributed by atoms with van der Waals surface area (Å²) < 4.78 is 0. The van der Waals surface area contributed by atoms with Crippen molar-refractivity contribution in [1.82, 2.24) is 10.3 Å². The molecular weight excluding hydrogens is 248 g/mol. The number of nitrogens with one attached hydrogen (secondary N) is 1. The minimum Gasteiger partial charge on any atom is -0.480 e. The summed E-state index contributed by atoms with van der Waals surface area (Å²) in [6.45, 7) is 2.37. The number of thiazole rings is 1. The Labute approximate surface area is 109 Å². The maximum atomic E-state index is 11.2. The molecule has 1 aromatic carbocycles. The van der Waals surface area contributed by atoms with Gasteiger partial charge in [-0.25, -0.2) is 4.98 Å². The minimum absolute atomic E-state index is 0.508. The van der Waals surface area contributed by atoms with Gasteiger partial charge in [0, 0.05) is 11.9 Å². The van der Waals surface area contributed by atoms with Gasteiger partial charge in [0.2, 0.25) is 0 Å². The van der Waals surface area contributed by atoms with E-state index in [4.69, 9.17) is 0 Å². The molecule has 0 aliphatic rings. The van der Waals surface area contributed by atoms with Gasteiger partial charge < -0.3 is 5.11 Å². The third-order valence-corrected chi connectivity index (χ3v) is 3.32.